The van der Waals surface area contributed by atoms with E-state index in [4.69, 9.17) is 4.74 Å². The monoisotopic (exact) mass is 465 g/mol. The number of halogens is 3. The van der Waals surface area contributed by atoms with Crippen molar-refractivity contribution in [3.63, 3.8) is 0 Å². The summed E-state index contributed by atoms with van der Waals surface area (Å²) in [6.45, 7) is 1.77. The van der Waals surface area contributed by atoms with Crippen LogP contribution in [0.3, 0.4) is 0 Å². The molecule has 0 N–H and O–H groups in total. The highest BCUT2D eigenvalue weighted by Gasteiger charge is 2.33. The predicted octanol–water partition coefficient (Wildman–Crippen LogP) is 5.95. The average molecular weight is 465 g/mol. The van der Waals surface area contributed by atoms with Crippen molar-refractivity contribution in [3.8, 4) is 5.75 Å². The fourth-order valence-electron chi connectivity index (χ4n) is 3.92. The van der Waals surface area contributed by atoms with Gasteiger partial charge < -0.3 is 4.74 Å². The van der Waals surface area contributed by atoms with E-state index in [0.29, 0.717) is 32.6 Å². The number of hydrogen-bond acceptors (Lipinski definition) is 6. The lowest BCUT2D eigenvalue weighted by atomic mass is 10.1. The Labute approximate surface area is 188 Å². The van der Waals surface area contributed by atoms with Crippen LogP contribution in [0.4, 0.5) is 13.2 Å². The van der Waals surface area contributed by atoms with E-state index in [-0.39, 0.29) is 11.4 Å². The van der Waals surface area contributed by atoms with Gasteiger partial charge in [0.05, 0.1) is 5.52 Å². The van der Waals surface area contributed by atoms with Crippen LogP contribution in [0, 0.1) is 6.92 Å². The van der Waals surface area contributed by atoms with Crippen LogP contribution >= 0.6 is 11.3 Å². The summed E-state index contributed by atoms with van der Waals surface area (Å²) in [7, 11) is 0. The van der Waals surface area contributed by atoms with Gasteiger partial charge in [-0.25, -0.2) is 19.5 Å². The number of thiophene rings is 1. The Kier molecular flexibility index (Phi) is 4.28. The Morgan fingerprint density at radius 3 is 2.73 bits per heavy atom. The molecule has 0 aliphatic rings. The summed E-state index contributed by atoms with van der Waals surface area (Å²) in [5.41, 5.74) is 0.623. The van der Waals surface area contributed by atoms with Gasteiger partial charge in [0, 0.05) is 10.8 Å². The maximum atomic E-state index is 13.2. The minimum atomic E-state index is -4.52. The minimum Gasteiger partial charge on any atom is -0.485 e. The first-order chi connectivity index (χ1) is 15.9. The second-order valence-corrected chi connectivity index (χ2v) is 8.59. The minimum absolute atomic E-state index is 0.136. The molecular formula is C23H14F3N5OS. The van der Waals surface area contributed by atoms with Crippen LogP contribution in [0.5, 0.6) is 5.75 Å². The van der Waals surface area contributed by atoms with Crippen molar-refractivity contribution in [1.82, 2.24) is 24.6 Å². The number of aryl methyl sites for hydroxylation is 1. The second-order valence-electron chi connectivity index (χ2n) is 7.59. The van der Waals surface area contributed by atoms with E-state index in [1.807, 2.05) is 42.5 Å². The molecule has 4 heterocycles. The number of hydrogen-bond donors (Lipinski definition) is 0. The molecule has 6 aromatic rings. The maximum Gasteiger partial charge on any atom is 0.433 e. The molecule has 0 saturated heterocycles. The number of rotatable bonds is 3. The number of benzene rings is 2. The van der Waals surface area contributed by atoms with Gasteiger partial charge in [-0.05, 0) is 30.0 Å². The molecule has 0 aliphatic heterocycles. The highest BCUT2D eigenvalue weighted by Crippen LogP contribution is 2.38. The van der Waals surface area contributed by atoms with Crippen molar-refractivity contribution in [2.45, 2.75) is 19.7 Å². The Hall–Kier alpha value is -3.79. The van der Waals surface area contributed by atoms with Crippen molar-refractivity contribution < 1.29 is 17.9 Å². The molecule has 6 rings (SSSR count). The highest BCUT2D eigenvalue weighted by molar-refractivity contribution is 7.26. The predicted molar refractivity (Wildman–Crippen MR) is 119 cm³/mol. The normalized spacial score (nSPS) is 12.4. The van der Waals surface area contributed by atoms with Gasteiger partial charge in [-0.15, -0.1) is 16.4 Å². The van der Waals surface area contributed by atoms with Gasteiger partial charge >= 0.3 is 6.18 Å². The summed E-state index contributed by atoms with van der Waals surface area (Å²) in [5, 5.41) is 7.08. The van der Waals surface area contributed by atoms with Crippen molar-refractivity contribution >= 4 is 48.2 Å². The SMILES string of the molecule is Cc1cc(C(F)(F)F)nc2sc3c(ncn4nc(COc5cccc6ccccc56)nc34)c12. The molecule has 4 aromatic heterocycles. The molecule has 2 aromatic carbocycles. The standard InChI is InChI=1S/C23H14F3N5OS/c1-12-9-16(23(24,25)26)28-22-18(12)19-20(33-22)21-29-17(30-31(21)11-27-19)10-32-15-8-4-6-13-5-2-3-7-14(13)15/h2-9,11H,10H2,1H3. The smallest absolute Gasteiger partial charge is 0.433 e. The lowest BCUT2D eigenvalue weighted by molar-refractivity contribution is -0.141. The summed E-state index contributed by atoms with van der Waals surface area (Å²) >= 11 is 1.13. The molecule has 6 nitrogen and oxygen atoms in total. The number of aromatic nitrogens is 5. The molecule has 0 unspecified atom stereocenters. The zero-order valence-electron chi connectivity index (χ0n) is 17.1. The van der Waals surface area contributed by atoms with E-state index in [1.165, 1.54) is 10.8 Å². The molecule has 0 amide bonds. The fourth-order valence-corrected chi connectivity index (χ4v) is 5.10. The number of nitrogens with zero attached hydrogens (tertiary/aromatic N) is 5. The lowest BCUT2D eigenvalue weighted by Gasteiger charge is -2.07. The van der Waals surface area contributed by atoms with E-state index in [9.17, 15) is 13.2 Å². The summed E-state index contributed by atoms with van der Waals surface area (Å²) < 4.78 is 47.8. The van der Waals surface area contributed by atoms with Crippen LogP contribution in [-0.2, 0) is 12.8 Å². The third-order valence-electron chi connectivity index (χ3n) is 5.41. The van der Waals surface area contributed by atoms with E-state index < -0.39 is 11.9 Å². The van der Waals surface area contributed by atoms with Gasteiger partial charge in [0.25, 0.3) is 0 Å². The Bertz CT molecular complexity index is 1680. The zero-order valence-corrected chi connectivity index (χ0v) is 17.9. The van der Waals surface area contributed by atoms with E-state index in [0.717, 1.165) is 33.9 Å². The Morgan fingerprint density at radius 1 is 1.06 bits per heavy atom. The molecule has 0 aliphatic carbocycles. The third-order valence-corrected chi connectivity index (χ3v) is 6.47. The molecule has 0 fully saturated rings. The molecule has 164 valence electrons. The van der Waals surface area contributed by atoms with E-state index >= 15 is 0 Å². The Balaban J connectivity index is 1.42. The first kappa shape index (κ1) is 19.9. The number of fused-ring (bicyclic) bond motifs is 6. The van der Waals surface area contributed by atoms with Crippen LogP contribution in [0.25, 0.3) is 36.9 Å². The van der Waals surface area contributed by atoms with Gasteiger partial charge in [-0.1, -0.05) is 36.4 Å². The molecule has 0 atom stereocenters. The van der Waals surface area contributed by atoms with Crippen molar-refractivity contribution in [2.24, 2.45) is 0 Å². The average Bonchev–Trinajstić information content (AvgIpc) is 3.38. The van der Waals surface area contributed by atoms with Crippen LogP contribution in [0.15, 0.2) is 54.9 Å². The summed E-state index contributed by atoms with van der Waals surface area (Å²) in [5.74, 6) is 1.16. The lowest BCUT2D eigenvalue weighted by Crippen LogP contribution is -2.07. The molecule has 10 heteroatoms. The molecule has 0 radical (unpaired) electrons. The topological polar surface area (TPSA) is 65.2 Å². The molecule has 0 spiro atoms. The van der Waals surface area contributed by atoms with Gasteiger partial charge in [0.1, 0.15) is 33.9 Å². The number of ether oxygens (including phenoxy) is 1. The van der Waals surface area contributed by atoms with Gasteiger partial charge in [-0.3, -0.25) is 0 Å². The van der Waals surface area contributed by atoms with Crippen molar-refractivity contribution in [1.29, 1.82) is 0 Å². The molecular weight excluding hydrogens is 451 g/mol. The van der Waals surface area contributed by atoms with Gasteiger partial charge in [0.15, 0.2) is 11.5 Å². The fraction of sp³-hybridized carbons (Fsp3) is 0.130. The first-order valence-corrected chi connectivity index (χ1v) is 10.8. The maximum absolute atomic E-state index is 13.2. The number of pyridine rings is 1. The van der Waals surface area contributed by atoms with Crippen LogP contribution < -0.4 is 4.74 Å². The summed E-state index contributed by atoms with van der Waals surface area (Å²) in [6.07, 6.45) is -3.01. The highest BCUT2D eigenvalue weighted by atomic mass is 32.1. The summed E-state index contributed by atoms with van der Waals surface area (Å²) in [6, 6.07) is 14.8. The molecule has 0 bridgehead atoms. The largest absolute Gasteiger partial charge is 0.485 e. The quantitative estimate of drug-likeness (QED) is 0.323. The summed E-state index contributed by atoms with van der Waals surface area (Å²) in [4.78, 5) is 13.1. The van der Waals surface area contributed by atoms with Crippen LogP contribution in [0.1, 0.15) is 17.1 Å². The third kappa shape index (κ3) is 3.25. The van der Waals surface area contributed by atoms with Crippen molar-refractivity contribution in [2.75, 3.05) is 0 Å². The second kappa shape index (κ2) is 7.11. The van der Waals surface area contributed by atoms with Gasteiger partial charge in [0.2, 0.25) is 0 Å². The number of alkyl halides is 3. The van der Waals surface area contributed by atoms with E-state index in [1.54, 1.807) is 6.92 Å². The molecule has 0 saturated carbocycles. The van der Waals surface area contributed by atoms with Crippen LogP contribution in [0.2, 0.25) is 0 Å². The zero-order chi connectivity index (χ0) is 22.7. The Morgan fingerprint density at radius 2 is 1.88 bits per heavy atom. The first-order valence-electron chi connectivity index (χ1n) is 10.0. The van der Waals surface area contributed by atoms with E-state index in [2.05, 4.69) is 20.1 Å². The van der Waals surface area contributed by atoms with Gasteiger partial charge in [-0.2, -0.15) is 13.2 Å². The molecule has 33 heavy (non-hydrogen) atoms. The van der Waals surface area contributed by atoms with Crippen molar-refractivity contribution in [3.05, 3.63) is 71.9 Å². The van der Waals surface area contributed by atoms with Crippen LogP contribution in [-0.4, -0.2) is 24.6 Å².